The molecule has 1 aliphatic heterocycles. The van der Waals surface area contributed by atoms with E-state index in [-0.39, 0.29) is 11.9 Å². The minimum absolute atomic E-state index is 0.0274. The Morgan fingerprint density at radius 1 is 1.10 bits per heavy atom. The second-order valence-corrected chi connectivity index (χ2v) is 7.33. The van der Waals surface area contributed by atoms with Gasteiger partial charge in [-0.15, -0.1) is 0 Å². The van der Waals surface area contributed by atoms with Crippen LogP contribution >= 0.6 is 0 Å². The molecule has 3 aromatic rings. The van der Waals surface area contributed by atoms with Crippen molar-refractivity contribution in [3.8, 4) is 16.9 Å². The first-order valence-corrected chi connectivity index (χ1v) is 9.88. The second-order valence-electron chi connectivity index (χ2n) is 7.33. The number of hydrogen-bond acceptors (Lipinski definition) is 4. The number of benzene rings is 2. The number of methoxy groups -OCH3 is 1. The third-order valence-electron chi connectivity index (χ3n) is 5.33. The number of nitrogens with one attached hydrogen (secondary N) is 1. The van der Waals surface area contributed by atoms with Crippen LogP contribution in [0.25, 0.3) is 11.1 Å². The topological polar surface area (TPSA) is 54.5 Å². The molecule has 1 unspecified atom stereocenters. The molecule has 1 saturated heterocycles. The summed E-state index contributed by atoms with van der Waals surface area (Å²) >= 11 is 0. The lowest BCUT2D eigenvalue weighted by Gasteiger charge is -2.17. The number of aromatic nitrogens is 1. The molecule has 2 heterocycles. The SMILES string of the molecule is COc1ccccc1-c1ccc(CN2CCC(NC(=O)c3ccncc3)C2)cc1. The Hall–Kier alpha value is -3.18. The van der Waals surface area contributed by atoms with Crippen molar-refractivity contribution >= 4 is 5.91 Å². The van der Waals surface area contributed by atoms with Crippen LogP contribution in [0.1, 0.15) is 22.3 Å². The fourth-order valence-electron chi connectivity index (χ4n) is 3.80. The third kappa shape index (κ3) is 4.63. The molecule has 1 aliphatic rings. The van der Waals surface area contributed by atoms with Gasteiger partial charge in [-0.2, -0.15) is 0 Å². The summed E-state index contributed by atoms with van der Waals surface area (Å²) in [7, 11) is 1.70. The first-order chi connectivity index (χ1) is 14.2. The van der Waals surface area contributed by atoms with Gasteiger partial charge in [0, 0.05) is 49.2 Å². The molecule has 0 bridgehead atoms. The lowest BCUT2D eigenvalue weighted by Crippen LogP contribution is -2.36. The molecule has 148 valence electrons. The van der Waals surface area contributed by atoms with E-state index in [9.17, 15) is 4.79 Å². The molecule has 5 heteroatoms. The largest absolute Gasteiger partial charge is 0.496 e. The summed E-state index contributed by atoms with van der Waals surface area (Å²) in [6.07, 6.45) is 4.26. The molecule has 29 heavy (non-hydrogen) atoms. The maximum Gasteiger partial charge on any atom is 0.251 e. The maximum atomic E-state index is 12.3. The molecule has 5 nitrogen and oxygen atoms in total. The van der Waals surface area contributed by atoms with Gasteiger partial charge in [0.1, 0.15) is 5.75 Å². The Morgan fingerprint density at radius 3 is 2.62 bits per heavy atom. The molecule has 1 N–H and O–H groups in total. The molecule has 1 fully saturated rings. The molecule has 2 aromatic carbocycles. The van der Waals surface area contributed by atoms with Gasteiger partial charge in [-0.1, -0.05) is 42.5 Å². The van der Waals surface area contributed by atoms with E-state index in [1.807, 2.05) is 18.2 Å². The summed E-state index contributed by atoms with van der Waals surface area (Å²) in [5.41, 5.74) is 4.17. The molecule has 0 spiro atoms. The molecular weight excluding hydrogens is 362 g/mol. The van der Waals surface area contributed by atoms with Gasteiger partial charge in [-0.25, -0.2) is 0 Å². The van der Waals surface area contributed by atoms with Crippen LogP contribution in [0.4, 0.5) is 0 Å². The fourth-order valence-corrected chi connectivity index (χ4v) is 3.80. The van der Waals surface area contributed by atoms with Crippen LogP contribution in [0, 0.1) is 0 Å². The van der Waals surface area contributed by atoms with Gasteiger partial charge in [0.25, 0.3) is 5.91 Å². The summed E-state index contributed by atoms with van der Waals surface area (Å²) in [5, 5.41) is 3.13. The normalized spacial score (nSPS) is 16.5. The van der Waals surface area contributed by atoms with Crippen molar-refractivity contribution in [2.75, 3.05) is 20.2 Å². The smallest absolute Gasteiger partial charge is 0.251 e. The van der Waals surface area contributed by atoms with E-state index in [0.29, 0.717) is 5.56 Å². The van der Waals surface area contributed by atoms with Gasteiger partial charge in [-0.05, 0) is 35.7 Å². The van der Waals surface area contributed by atoms with Crippen molar-refractivity contribution in [1.29, 1.82) is 0 Å². The number of para-hydroxylation sites is 1. The summed E-state index contributed by atoms with van der Waals surface area (Å²) in [6, 6.07) is 20.4. The van der Waals surface area contributed by atoms with Gasteiger partial charge >= 0.3 is 0 Å². The third-order valence-corrected chi connectivity index (χ3v) is 5.33. The summed E-state index contributed by atoms with van der Waals surface area (Å²) in [6.45, 7) is 2.73. The number of carbonyl (C=O) groups is 1. The zero-order chi connectivity index (χ0) is 20.1. The number of hydrogen-bond donors (Lipinski definition) is 1. The Kier molecular flexibility index (Phi) is 5.86. The number of amides is 1. The Balaban J connectivity index is 1.34. The Bertz CT molecular complexity index is 957. The van der Waals surface area contributed by atoms with Crippen molar-refractivity contribution in [3.05, 3.63) is 84.2 Å². The molecule has 0 aliphatic carbocycles. The second kappa shape index (κ2) is 8.88. The summed E-state index contributed by atoms with van der Waals surface area (Å²) in [4.78, 5) is 18.7. The van der Waals surface area contributed by atoms with E-state index in [1.54, 1.807) is 31.6 Å². The maximum absolute atomic E-state index is 12.3. The Labute approximate surface area is 171 Å². The van der Waals surface area contributed by atoms with E-state index in [0.717, 1.165) is 42.9 Å². The summed E-state index contributed by atoms with van der Waals surface area (Å²) < 4.78 is 5.47. The predicted molar refractivity (Wildman–Crippen MR) is 114 cm³/mol. The van der Waals surface area contributed by atoms with E-state index < -0.39 is 0 Å². The number of carbonyl (C=O) groups excluding carboxylic acids is 1. The van der Waals surface area contributed by atoms with Crippen molar-refractivity contribution in [2.45, 2.75) is 19.0 Å². The van der Waals surface area contributed by atoms with E-state index in [1.165, 1.54) is 5.56 Å². The van der Waals surface area contributed by atoms with Crippen molar-refractivity contribution in [3.63, 3.8) is 0 Å². The van der Waals surface area contributed by atoms with Crippen LogP contribution in [-0.4, -0.2) is 42.0 Å². The minimum atomic E-state index is -0.0274. The average Bonchev–Trinajstić information content (AvgIpc) is 3.21. The van der Waals surface area contributed by atoms with Crippen molar-refractivity contribution in [1.82, 2.24) is 15.2 Å². The first kappa shape index (κ1) is 19.2. The lowest BCUT2D eigenvalue weighted by atomic mass is 10.0. The zero-order valence-corrected chi connectivity index (χ0v) is 16.5. The van der Waals surface area contributed by atoms with E-state index in [4.69, 9.17) is 4.74 Å². The van der Waals surface area contributed by atoms with E-state index in [2.05, 4.69) is 45.5 Å². The van der Waals surface area contributed by atoms with Gasteiger partial charge in [0.15, 0.2) is 0 Å². The predicted octanol–water partition coefficient (Wildman–Crippen LogP) is 3.76. The number of ether oxygens (including phenoxy) is 1. The Morgan fingerprint density at radius 2 is 1.86 bits per heavy atom. The zero-order valence-electron chi connectivity index (χ0n) is 16.5. The minimum Gasteiger partial charge on any atom is -0.496 e. The standard InChI is InChI=1S/C24H25N3O2/c1-29-23-5-3-2-4-22(23)19-8-6-18(7-9-19)16-27-15-12-21(17-27)26-24(28)20-10-13-25-14-11-20/h2-11,13-14,21H,12,15-17H2,1H3,(H,26,28). The van der Waals surface area contributed by atoms with Crippen LogP contribution in [0.3, 0.4) is 0 Å². The summed E-state index contributed by atoms with van der Waals surface area (Å²) in [5.74, 6) is 0.855. The van der Waals surface area contributed by atoms with Crippen LogP contribution in [0.2, 0.25) is 0 Å². The average molecular weight is 387 g/mol. The van der Waals surface area contributed by atoms with Crippen LogP contribution in [0.15, 0.2) is 73.1 Å². The van der Waals surface area contributed by atoms with Gasteiger partial charge < -0.3 is 10.1 Å². The number of nitrogens with zero attached hydrogens (tertiary/aromatic N) is 2. The fraction of sp³-hybridized carbons (Fsp3) is 0.250. The molecule has 0 radical (unpaired) electrons. The molecular formula is C24H25N3O2. The molecule has 4 rings (SSSR count). The van der Waals surface area contributed by atoms with Gasteiger partial charge in [-0.3, -0.25) is 14.7 Å². The highest BCUT2D eigenvalue weighted by molar-refractivity contribution is 5.94. The lowest BCUT2D eigenvalue weighted by molar-refractivity contribution is 0.0937. The van der Waals surface area contributed by atoms with Gasteiger partial charge in [0.2, 0.25) is 0 Å². The van der Waals surface area contributed by atoms with Crippen LogP contribution in [0.5, 0.6) is 5.75 Å². The van der Waals surface area contributed by atoms with E-state index >= 15 is 0 Å². The quantitative estimate of drug-likeness (QED) is 0.700. The van der Waals surface area contributed by atoms with Crippen molar-refractivity contribution in [2.24, 2.45) is 0 Å². The molecule has 1 atom stereocenters. The monoisotopic (exact) mass is 387 g/mol. The molecule has 0 saturated carbocycles. The van der Waals surface area contributed by atoms with Crippen LogP contribution in [-0.2, 0) is 6.54 Å². The number of rotatable bonds is 6. The first-order valence-electron chi connectivity index (χ1n) is 9.88. The number of pyridine rings is 1. The van der Waals surface area contributed by atoms with Crippen LogP contribution < -0.4 is 10.1 Å². The van der Waals surface area contributed by atoms with Crippen molar-refractivity contribution < 1.29 is 9.53 Å². The molecule has 1 amide bonds. The number of likely N-dealkylation sites (tertiary alicyclic amines) is 1. The van der Waals surface area contributed by atoms with Gasteiger partial charge in [0.05, 0.1) is 7.11 Å². The molecule has 1 aromatic heterocycles. The highest BCUT2D eigenvalue weighted by atomic mass is 16.5. The highest BCUT2D eigenvalue weighted by Crippen LogP contribution is 2.29. The highest BCUT2D eigenvalue weighted by Gasteiger charge is 2.24.